The summed E-state index contributed by atoms with van der Waals surface area (Å²) in [6.07, 6.45) is 2.47. The summed E-state index contributed by atoms with van der Waals surface area (Å²) >= 11 is 0. The lowest BCUT2D eigenvalue weighted by molar-refractivity contribution is 0.492. The smallest absolute Gasteiger partial charge is 0.0983 e. The molecule has 1 atom stereocenters. The summed E-state index contributed by atoms with van der Waals surface area (Å²) in [7, 11) is 0. The maximum absolute atomic E-state index is 8.67. The molecule has 0 heterocycles. The first kappa shape index (κ1) is 7.56. The van der Waals surface area contributed by atoms with Crippen LogP contribution < -0.4 is 5.32 Å². The van der Waals surface area contributed by atoms with Gasteiger partial charge in [-0.05, 0) is 32.6 Å². The standard InChI is InChI=1S/C8H14N2/c1-6(2)10-8(5-9)7-3-4-7/h6-8,10H,3-4H2,1-2H3. The molecule has 1 aliphatic rings. The first-order valence-corrected chi connectivity index (χ1v) is 3.89. The molecule has 2 heteroatoms. The molecule has 1 rings (SSSR count). The Balaban J connectivity index is 2.28. The minimum atomic E-state index is 0.111. The molecule has 0 aromatic carbocycles. The maximum Gasteiger partial charge on any atom is 0.0983 e. The van der Waals surface area contributed by atoms with Crippen LogP contribution in [-0.2, 0) is 0 Å². The molecule has 0 radical (unpaired) electrons. The quantitative estimate of drug-likeness (QED) is 0.637. The predicted octanol–water partition coefficient (Wildman–Crippen LogP) is 1.29. The average molecular weight is 138 g/mol. The molecule has 1 unspecified atom stereocenters. The molecule has 56 valence electrons. The van der Waals surface area contributed by atoms with Gasteiger partial charge >= 0.3 is 0 Å². The van der Waals surface area contributed by atoms with Crippen molar-refractivity contribution < 1.29 is 0 Å². The number of nitriles is 1. The summed E-state index contributed by atoms with van der Waals surface area (Å²) in [6, 6.07) is 2.83. The third-order valence-corrected chi connectivity index (χ3v) is 1.75. The zero-order valence-corrected chi connectivity index (χ0v) is 6.59. The van der Waals surface area contributed by atoms with Gasteiger partial charge in [-0.15, -0.1) is 0 Å². The van der Waals surface area contributed by atoms with Crippen molar-refractivity contribution >= 4 is 0 Å². The van der Waals surface area contributed by atoms with Crippen molar-refractivity contribution in [2.24, 2.45) is 5.92 Å². The minimum absolute atomic E-state index is 0.111. The Bertz CT molecular complexity index is 142. The molecule has 0 bridgehead atoms. The van der Waals surface area contributed by atoms with E-state index in [9.17, 15) is 0 Å². The van der Waals surface area contributed by atoms with Crippen molar-refractivity contribution in [3.8, 4) is 6.07 Å². The summed E-state index contributed by atoms with van der Waals surface area (Å²) < 4.78 is 0. The monoisotopic (exact) mass is 138 g/mol. The molecular formula is C8H14N2. The molecule has 0 spiro atoms. The van der Waals surface area contributed by atoms with E-state index in [1.807, 2.05) is 0 Å². The van der Waals surface area contributed by atoms with E-state index >= 15 is 0 Å². The first-order chi connectivity index (χ1) is 4.74. The van der Waals surface area contributed by atoms with Gasteiger partial charge in [0.2, 0.25) is 0 Å². The number of nitrogens with one attached hydrogen (secondary N) is 1. The van der Waals surface area contributed by atoms with E-state index in [4.69, 9.17) is 5.26 Å². The molecule has 1 saturated carbocycles. The predicted molar refractivity (Wildman–Crippen MR) is 40.4 cm³/mol. The SMILES string of the molecule is CC(C)NC(C#N)C1CC1. The third kappa shape index (κ3) is 2.00. The van der Waals surface area contributed by atoms with Crippen LogP contribution in [0.2, 0.25) is 0 Å². The van der Waals surface area contributed by atoms with E-state index in [0.717, 1.165) is 0 Å². The number of hydrogen-bond acceptors (Lipinski definition) is 2. The Kier molecular flexibility index (Phi) is 2.29. The number of hydrogen-bond donors (Lipinski definition) is 1. The van der Waals surface area contributed by atoms with Crippen molar-refractivity contribution in [1.29, 1.82) is 5.26 Å². The second-order valence-corrected chi connectivity index (χ2v) is 3.27. The van der Waals surface area contributed by atoms with E-state index < -0.39 is 0 Å². The zero-order valence-electron chi connectivity index (χ0n) is 6.59. The van der Waals surface area contributed by atoms with Crippen LogP contribution in [0, 0.1) is 17.2 Å². The van der Waals surface area contributed by atoms with Crippen LogP contribution >= 0.6 is 0 Å². The number of nitrogens with zero attached hydrogens (tertiary/aromatic N) is 1. The fourth-order valence-electron chi connectivity index (χ4n) is 1.07. The van der Waals surface area contributed by atoms with Crippen molar-refractivity contribution in [3.63, 3.8) is 0 Å². The van der Waals surface area contributed by atoms with Gasteiger partial charge in [0, 0.05) is 6.04 Å². The highest BCUT2D eigenvalue weighted by atomic mass is 14.9. The van der Waals surface area contributed by atoms with Gasteiger partial charge in [-0.25, -0.2) is 0 Å². The fourth-order valence-corrected chi connectivity index (χ4v) is 1.07. The lowest BCUT2D eigenvalue weighted by Gasteiger charge is -2.12. The summed E-state index contributed by atoms with van der Waals surface area (Å²) in [4.78, 5) is 0. The van der Waals surface area contributed by atoms with Crippen LogP contribution in [0.5, 0.6) is 0 Å². The lowest BCUT2D eigenvalue weighted by atomic mass is 10.2. The minimum Gasteiger partial charge on any atom is -0.299 e. The zero-order chi connectivity index (χ0) is 7.56. The third-order valence-electron chi connectivity index (χ3n) is 1.75. The van der Waals surface area contributed by atoms with Crippen molar-refractivity contribution in [2.75, 3.05) is 0 Å². The topological polar surface area (TPSA) is 35.8 Å². The fraction of sp³-hybridized carbons (Fsp3) is 0.875. The van der Waals surface area contributed by atoms with Gasteiger partial charge in [-0.2, -0.15) is 5.26 Å². The molecule has 0 amide bonds. The van der Waals surface area contributed by atoms with E-state index in [-0.39, 0.29) is 6.04 Å². The Morgan fingerprint density at radius 3 is 2.40 bits per heavy atom. The van der Waals surface area contributed by atoms with Crippen molar-refractivity contribution in [2.45, 2.75) is 38.8 Å². The second-order valence-electron chi connectivity index (χ2n) is 3.27. The Labute approximate surface area is 62.2 Å². The van der Waals surface area contributed by atoms with Crippen LogP contribution in [0.4, 0.5) is 0 Å². The van der Waals surface area contributed by atoms with Crippen molar-refractivity contribution in [1.82, 2.24) is 5.32 Å². The molecule has 0 aliphatic heterocycles. The molecule has 1 fully saturated rings. The molecule has 10 heavy (non-hydrogen) atoms. The summed E-state index contributed by atoms with van der Waals surface area (Å²) in [5, 5.41) is 11.9. The van der Waals surface area contributed by atoms with Crippen LogP contribution in [0.25, 0.3) is 0 Å². The Morgan fingerprint density at radius 2 is 2.10 bits per heavy atom. The molecule has 1 N–H and O–H groups in total. The van der Waals surface area contributed by atoms with Gasteiger partial charge in [0.1, 0.15) is 0 Å². The largest absolute Gasteiger partial charge is 0.299 e. The van der Waals surface area contributed by atoms with Gasteiger partial charge in [-0.1, -0.05) is 0 Å². The first-order valence-electron chi connectivity index (χ1n) is 3.89. The molecule has 0 saturated heterocycles. The summed E-state index contributed by atoms with van der Waals surface area (Å²) in [5.41, 5.74) is 0. The van der Waals surface area contributed by atoms with Gasteiger partial charge in [0.15, 0.2) is 0 Å². The average Bonchev–Trinajstić information content (AvgIpc) is 2.63. The van der Waals surface area contributed by atoms with Gasteiger partial charge < -0.3 is 0 Å². The van der Waals surface area contributed by atoms with E-state index in [0.29, 0.717) is 12.0 Å². The highest BCUT2D eigenvalue weighted by Gasteiger charge is 2.31. The molecular weight excluding hydrogens is 124 g/mol. The van der Waals surface area contributed by atoms with Crippen LogP contribution in [0.1, 0.15) is 26.7 Å². The summed E-state index contributed by atoms with van der Waals surface area (Å²) in [6.45, 7) is 4.15. The molecule has 2 nitrogen and oxygen atoms in total. The number of rotatable bonds is 3. The van der Waals surface area contributed by atoms with E-state index in [1.165, 1.54) is 12.8 Å². The maximum atomic E-state index is 8.67. The van der Waals surface area contributed by atoms with Gasteiger partial charge in [0.05, 0.1) is 12.1 Å². The van der Waals surface area contributed by atoms with Gasteiger partial charge in [0.25, 0.3) is 0 Å². The van der Waals surface area contributed by atoms with E-state index in [1.54, 1.807) is 0 Å². The normalized spacial score (nSPS) is 20.6. The molecule has 0 aromatic rings. The second kappa shape index (κ2) is 3.03. The highest BCUT2D eigenvalue weighted by Crippen LogP contribution is 2.32. The molecule has 0 aromatic heterocycles. The van der Waals surface area contributed by atoms with Crippen molar-refractivity contribution in [3.05, 3.63) is 0 Å². The molecule has 1 aliphatic carbocycles. The van der Waals surface area contributed by atoms with Crippen LogP contribution in [0.3, 0.4) is 0 Å². The summed E-state index contributed by atoms with van der Waals surface area (Å²) in [5.74, 6) is 0.646. The van der Waals surface area contributed by atoms with Crippen LogP contribution in [-0.4, -0.2) is 12.1 Å². The highest BCUT2D eigenvalue weighted by molar-refractivity contribution is 5.00. The Morgan fingerprint density at radius 1 is 1.50 bits per heavy atom. The van der Waals surface area contributed by atoms with Crippen LogP contribution in [0.15, 0.2) is 0 Å². The van der Waals surface area contributed by atoms with E-state index in [2.05, 4.69) is 25.2 Å². The van der Waals surface area contributed by atoms with Gasteiger partial charge in [-0.3, -0.25) is 5.32 Å². The Hall–Kier alpha value is -0.550. The lowest BCUT2D eigenvalue weighted by Crippen LogP contribution is -2.35.